The van der Waals surface area contributed by atoms with Crippen molar-refractivity contribution >= 4 is 17.4 Å². The molecular weight excluding hydrogens is 410 g/mol. The summed E-state index contributed by atoms with van der Waals surface area (Å²) in [5.41, 5.74) is -2.04. The van der Waals surface area contributed by atoms with E-state index in [1.807, 2.05) is 18.2 Å². The highest BCUT2D eigenvalue weighted by Crippen LogP contribution is 2.48. The maximum Gasteiger partial charge on any atom is 0.341 e. The lowest BCUT2D eigenvalue weighted by atomic mass is 9.69. The second kappa shape index (κ2) is 8.91. The summed E-state index contributed by atoms with van der Waals surface area (Å²) in [7, 11) is 0. The molecule has 0 bridgehead atoms. The molecule has 2 aromatic rings. The minimum atomic E-state index is -2.13. The average molecular weight is 425 g/mol. The molecule has 1 atom stereocenters. The molecule has 3 rings (SSSR count). The molecule has 1 aliphatic heterocycles. The van der Waals surface area contributed by atoms with Crippen molar-refractivity contribution in [1.82, 2.24) is 0 Å². The zero-order valence-corrected chi connectivity index (χ0v) is 16.8. The maximum absolute atomic E-state index is 12.8. The molecule has 0 amide bonds. The summed E-state index contributed by atoms with van der Waals surface area (Å²) in [6, 6.07) is 18.1. The molecule has 32 heavy (non-hydrogen) atoms. The minimum absolute atomic E-state index is 0.0149. The summed E-state index contributed by atoms with van der Waals surface area (Å²) >= 11 is 0. The van der Waals surface area contributed by atoms with Crippen molar-refractivity contribution in [3.8, 4) is 18.2 Å². The Morgan fingerprint density at radius 1 is 1.12 bits per heavy atom. The molecule has 9 heteroatoms. The molecular formula is C23H15N5O4. The summed E-state index contributed by atoms with van der Waals surface area (Å²) in [4.78, 5) is 27.8. The molecule has 0 N–H and O–H groups in total. The van der Waals surface area contributed by atoms with E-state index in [4.69, 9.17) is 4.74 Å². The number of rotatable bonds is 5. The maximum atomic E-state index is 12.8. The van der Waals surface area contributed by atoms with Gasteiger partial charge >= 0.3 is 5.97 Å². The van der Waals surface area contributed by atoms with Gasteiger partial charge in [0, 0.05) is 17.7 Å². The van der Waals surface area contributed by atoms with E-state index >= 15 is 0 Å². The van der Waals surface area contributed by atoms with Crippen LogP contribution in [0.5, 0.6) is 0 Å². The summed E-state index contributed by atoms with van der Waals surface area (Å²) in [5.74, 6) is -0.872. The van der Waals surface area contributed by atoms with Crippen molar-refractivity contribution in [3.05, 3.63) is 87.0 Å². The zero-order valence-electron chi connectivity index (χ0n) is 16.8. The molecule has 0 saturated carbocycles. The largest absolute Gasteiger partial charge is 0.462 e. The molecule has 0 saturated heterocycles. The lowest BCUT2D eigenvalue weighted by Gasteiger charge is -2.32. The topological polar surface area (TPSA) is 153 Å². The van der Waals surface area contributed by atoms with E-state index in [1.54, 1.807) is 37.3 Å². The molecule has 0 radical (unpaired) electrons. The summed E-state index contributed by atoms with van der Waals surface area (Å²) in [5, 5.41) is 41.0. The van der Waals surface area contributed by atoms with E-state index in [2.05, 4.69) is 4.99 Å². The molecule has 1 heterocycles. The van der Waals surface area contributed by atoms with E-state index in [-0.39, 0.29) is 29.2 Å². The van der Waals surface area contributed by atoms with E-state index < -0.39 is 22.3 Å². The summed E-state index contributed by atoms with van der Waals surface area (Å²) in [6.07, 6.45) is 0. The fourth-order valence-electron chi connectivity index (χ4n) is 3.47. The van der Waals surface area contributed by atoms with Gasteiger partial charge in [-0.25, -0.2) is 4.79 Å². The van der Waals surface area contributed by atoms with Crippen LogP contribution in [0.1, 0.15) is 24.1 Å². The fraction of sp³-hybridized carbons (Fsp3) is 0.174. The molecule has 0 aliphatic carbocycles. The molecule has 2 aromatic carbocycles. The number of nitriles is 3. The van der Waals surface area contributed by atoms with Crippen LogP contribution in [0, 0.1) is 49.5 Å². The number of hydrogen-bond acceptors (Lipinski definition) is 8. The fourth-order valence-corrected chi connectivity index (χ4v) is 3.47. The number of nitrogens with zero attached hydrogens (tertiary/aromatic N) is 5. The van der Waals surface area contributed by atoms with Crippen molar-refractivity contribution in [3.63, 3.8) is 0 Å². The molecule has 1 unspecified atom stereocenters. The second-order valence-electron chi connectivity index (χ2n) is 6.71. The number of nitro benzene ring substituents is 1. The first-order valence-electron chi connectivity index (χ1n) is 9.45. The van der Waals surface area contributed by atoms with Gasteiger partial charge in [0.15, 0.2) is 0 Å². The molecule has 0 aromatic heterocycles. The van der Waals surface area contributed by atoms with Gasteiger partial charge in [-0.3, -0.25) is 15.1 Å². The molecule has 0 spiro atoms. The van der Waals surface area contributed by atoms with Crippen molar-refractivity contribution in [2.45, 2.75) is 13.0 Å². The Morgan fingerprint density at radius 3 is 2.25 bits per heavy atom. The van der Waals surface area contributed by atoms with Crippen LogP contribution in [-0.4, -0.2) is 23.2 Å². The van der Waals surface area contributed by atoms with Crippen molar-refractivity contribution < 1.29 is 14.5 Å². The van der Waals surface area contributed by atoms with Crippen molar-refractivity contribution in [2.24, 2.45) is 10.4 Å². The van der Waals surface area contributed by atoms with Gasteiger partial charge < -0.3 is 4.74 Å². The smallest absolute Gasteiger partial charge is 0.341 e. The first-order valence-corrected chi connectivity index (χ1v) is 9.45. The number of carbonyl (C=O) groups is 1. The van der Waals surface area contributed by atoms with Gasteiger partial charge in [0.25, 0.3) is 5.69 Å². The minimum Gasteiger partial charge on any atom is -0.462 e. The van der Waals surface area contributed by atoms with E-state index in [0.29, 0.717) is 11.1 Å². The SMILES string of the molecule is CCOC(=O)C1=C(C#N)C(C#N)(C#N)C(c2ccc([N+](=O)[O-])cc2)N=C1c1ccccc1. The van der Waals surface area contributed by atoms with Gasteiger partial charge in [-0.1, -0.05) is 30.3 Å². The Balaban J connectivity index is 2.35. The second-order valence-corrected chi connectivity index (χ2v) is 6.71. The number of nitro groups is 1. The van der Waals surface area contributed by atoms with Crippen LogP contribution < -0.4 is 0 Å². The van der Waals surface area contributed by atoms with Crippen LogP contribution >= 0.6 is 0 Å². The van der Waals surface area contributed by atoms with Gasteiger partial charge in [0.05, 0.1) is 41.0 Å². The van der Waals surface area contributed by atoms with Gasteiger partial charge in [-0.2, -0.15) is 15.8 Å². The van der Waals surface area contributed by atoms with Crippen LogP contribution in [0.4, 0.5) is 5.69 Å². The van der Waals surface area contributed by atoms with Gasteiger partial charge in [0.2, 0.25) is 5.41 Å². The predicted molar refractivity (Wildman–Crippen MR) is 112 cm³/mol. The summed E-state index contributed by atoms with van der Waals surface area (Å²) < 4.78 is 5.11. The molecule has 0 fully saturated rings. The Morgan fingerprint density at radius 2 is 1.75 bits per heavy atom. The molecule has 9 nitrogen and oxygen atoms in total. The van der Waals surface area contributed by atoms with E-state index in [9.17, 15) is 30.7 Å². The standard InChI is InChI=1S/C23H15N5O4/c1-2-32-22(29)19-18(12-24)23(13-25,14-26)21(16-8-10-17(11-9-16)28(30)31)27-20(19)15-6-4-3-5-7-15/h3-11,21H,2H2,1H3. The number of ether oxygens (including phenoxy) is 1. The number of non-ortho nitro benzene ring substituents is 1. The van der Waals surface area contributed by atoms with E-state index in [0.717, 1.165) is 0 Å². The first kappa shape index (κ1) is 21.9. The van der Waals surface area contributed by atoms with Crippen molar-refractivity contribution in [2.75, 3.05) is 6.61 Å². The highest BCUT2D eigenvalue weighted by Gasteiger charge is 2.51. The quantitative estimate of drug-likeness (QED) is 0.403. The Labute approximate surface area is 183 Å². The van der Waals surface area contributed by atoms with Crippen LogP contribution in [-0.2, 0) is 9.53 Å². The van der Waals surface area contributed by atoms with Crippen LogP contribution in [0.2, 0.25) is 0 Å². The normalized spacial score (nSPS) is 16.7. The van der Waals surface area contributed by atoms with Crippen LogP contribution in [0.3, 0.4) is 0 Å². The number of aliphatic imine (C=N–C) groups is 1. The average Bonchev–Trinajstić information content (AvgIpc) is 2.83. The first-order chi connectivity index (χ1) is 15.4. The molecule has 156 valence electrons. The third-order valence-corrected chi connectivity index (χ3v) is 4.96. The van der Waals surface area contributed by atoms with Gasteiger partial charge in [0.1, 0.15) is 11.6 Å². The summed E-state index contributed by atoms with van der Waals surface area (Å²) in [6.45, 7) is 1.61. The van der Waals surface area contributed by atoms with Gasteiger partial charge in [-0.05, 0) is 24.6 Å². The predicted octanol–water partition coefficient (Wildman–Crippen LogP) is 3.56. The Hall–Kier alpha value is -4.81. The highest BCUT2D eigenvalue weighted by molar-refractivity contribution is 6.28. The number of carbonyl (C=O) groups excluding carboxylic acids is 1. The monoisotopic (exact) mass is 425 g/mol. The zero-order chi connectivity index (χ0) is 23.3. The Kier molecular flexibility index (Phi) is 6.09. The number of esters is 1. The number of hydrogen-bond donors (Lipinski definition) is 0. The third-order valence-electron chi connectivity index (χ3n) is 4.96. The van der Waals surface area contributed by atoms with Crippen LogP contribution in [0.25, 0.3) is 0 Å². The lowest BCUT2D eigenvalue weighted by Crippen LogP contribution is -2.36. The third kappa shape index (κ3) is 3.58. The lowest BCUT2D eigenvalue weighted by molar-refractivity contribution is -0.384. The van der Waals surface area contributed by atoms with Crippen LogP contribution in [0.15, 0.2) is 70.7 Å². The highest BCUT2D eigenvalue weighted by atomic mass is 16.6. The van der Waals surface area contributed by atoms with E-state index in [1.165, 1.54) is 24.3 Å². The van der Waals surface area contributed by atoms with Crippen molar-refractivity contribution in [1.29, 1.82) is 15.8 Å². The number of dihydropyridines is 1. The molecule has 1 aliphatic rings. The Bertz CT molecular complexity index is 1240. The van der Waals surface area contributed by atoms with Gasteiger partial charge in [-0.15, -0.1) is 0 Å². The number of benzene rings is 2.